The molecule has 1 aromatic rings. The van der Waals surface area contributed by atoms with Gasteiger partial charge in [0.2, 0.25) is 0 Å². The summed E-state index contributed by atoms with van der Waals surface area (Å²) < 4.78 is 0.992. The van der Waals surface area contributed by atoms with Crippen LogP contribution in [0.1, 0.15) is 12.5 Å². The fourth-order valence-electron chi connectivity index (χ4n) is 1.39. The summed E-state index contributed by atoms with van der Waals surface area (Å²) in [4.78, 5) is 0. The van der Waals surface area contributed by atoms with Gasteiger partial charge in [0.25, 0.3) is 0 Å². The lowest BCUT2D eigenvalue weighted by molar-refractivity contribution is 0.701. The average Bonchev–Trinajstić information content (AvgIpc) is 2.27. The van der Waals surface area contributed by atoms with E-state index in [1.165, 1.54) is 0 Å². The van der Waals surface area contributed by atoms with Crippen molar-refractivity contribution in [3.8, 4) is 6.07 Å². The maximum atomic E-state index is 8.97. The molecule has 0 aliphatic rings. The normalized spacial score (nSPS) is 11.9. The van der Waals surface area contributed by atoms with Crippen molar-refractivity contribution >= 4 is 33.4 Å². The van der Waals surface area contributed by atoms with Gasteiger partial charge in [-0.2, -0.15) is 17.0 Å². The third-order valence-electron chi connectivity index (χ3n) is 2.19. The first-order chi connectivity index (χ1) is 7.67. The molecule has 0 saturated carbocycles. The Balaban J connectivity index is 2.66. The zero-order valence-corrected chi connectivity index (χ0v) is 11.9. The van der Waals surface area contributed by atoms with Crippen molar-refractivity contribution in [2.45, 2.75) is 6.92 Å². The predicted octanol–water partition coefficient (Wildman–Crippen LogP) is 3.73. The standard InChI is InChI=1S/C12H15BrN2S/c1-9(8-16-2)7-15-12-5-11(13)4-3-10(12)6-14/h3-5,9,15H,7-8H2,1-2H3. The first kappa shape index (κ1) is 13.4. The van der Waals surface area contributed by atoms with Crippen LogP contribution in [0.5, 0.6) is 0 Å². The lowest BCUT2D eigenvalue weighted by Gasteiger charge is -2.13. The topological polar surface area (TPSA) is 35.8 Å². The molecule has 0 radical (unpaired) electrons. The number of hydrogen-bond donors (Lipinski definition) is 1. The molecule has 16 heavy (non-hydrogen) atoms. The average molecular weight is 299 g/mol. The Kier molecular flexibility index (Phi) is 5.72. The molecule has 1 unspecified atom stereocenters. The van der Waals surface area contributed by atoms with Crippen LogP contribution < -0.4 is 5.32 Å². The lowest BCUT2D eigenvalue weighted by Crippen LogP contribution is -2.13. The van der Waals surface area contributed by atoms with E-state index in [4.69, 9.17) is 5.26 Å². The van der Waals surface area contributed by atoms with Gasteiger partial charge in [0.15, 0.2) is 0 Å². The van der Waals surface area contributed by atoms with Gasteiger partial charge in [-0.15, -0.1) is 0 Å². The Labute approximate surface area is 110 Å². The molecule has 0 heterocycles. The summed E-state index contributed by atoms with van der Waals surface area (Å²) in [6.07, 6.45) is 2.11. The monoisotopic (exact) mass is 298 g/mol. The fourth-order valence-corrected chi connectivity index (χ4v) is 2.44. The predicted molar refractivity (Wildman–Crippen MR) is 74.9 cm³/mol. The van der Waals surface area contributed by atoms with E-state index in [1.807, 2.05) is 30.0 Å². The Morgan fingerprint density at radius 2 is 2.31 bits per heavy atom. The molecule has 4 heteroatoms. The summed E-state index contributed by atoms with van der Waals surface area (Å²) in [5.74, 6) is 1.73. The molecule has 0 spiro atoms. The molecule has 1 rings (SSSR count). The summed E-state index contributed by atoms with van der Waals surface area (Å²) >= 11 is 5.25. The van der Waals surface area contributed by atoms with Crippen molar-refractivity contribution in [1.29, 1.82) is 5.26 Å². The van der Waals surface area contributed by atoms with Crippen LogP contribution in [0, 0.1) is 17.2 Å². The molecule has 86 valence electrons. The number of nitrogens with zero attached hydrogens (tertiary/aromatic N) is 1. The molecule has 2 nitrogen and oxygen atoms in total. The number of halogens is 1. The van der Waals surface area contributed by atoms with Crippen LogP contribution in [0.3, 0.4) is 0 Å². The Morgan fingerprint density at radius 1 is 1.56 bits per heavy atom. The summed E-state index contributed by atoms with van der Waals surface area (Å²) in [6.45, 7) is 3.10. The van der Waals surface area contributed by atoms with E-state index in [-0.39, 0.29) is 0 Å². The highest BCUT2D eigenvalue weighted by Crippen LogP contribution is 2.21. The number of anilines is 1. The minimum absolute atomic E-state index is 0.598. The number of thioether (sulfide) groups is 1. The molecular formula is C12H15BrN2S. The van der Waals surface area contributed by atoms with Crippen LogP contribution in [-0.4, -0.2) is 18.6 Å². The van der Waals surface area contributed by atoms with Crippen LogP contribution in [-0.2, 0) is 0 Å². The molecule has 0 aromatic heterocycles. The Hall–Kier alpha value is -0.660. The molecule has 0 saturated heterocycles. The van der Waals surface area contributed by atoms with Gasteiger partial charge in [0.1, 0.15) is 6.07 Å². The third-order valence-corrected chi connectivity index (χ3v) is 3.59. The van der Waals surface area contributed by atoms with Crippen molar-refractivity contribution in [2.24, 2.45) is 5.92 Å². The highest BCUT2D eigenvalue weighted by atomic mass is 79.9. The molecule has 1 atom stereocenters. The highest BCUT2D eigenvalue weighted by Gasteiger charge is 2.05. The van der Waals surface area contributed by atoms with Crippen molar-refractivity contribution < 1.29 is 0 Å². The second-order valence-electron chi connectivity index (χ2n) is 3.74. The van der Waals surface area contributed by atoms with Gasteiger partial charge in [-0.05, 0) is 36.1 Å². The fraction of sp³-hybridized carbons (Fsp3) is 0.417. The molecule has 0 amide bonds. The van der Waals surface area contributed by atoms with E-state index >= 15 is 0 Å². The quantitative estimate of drug-likeness (QED) is 0.900. The first-order valence-corrected chi connectivity index (χ1v) is 7.28. The van der Waals surface area contributed by atoms with Gasteiger partial charge < -0.3 is 5.32 Å². The van der Waals surface area contributed by atoms with Gasteiger partial charge in [0.05, 0.1) is 11.3 Å². The molecule has 1 N–H and O–H groups in total. The van der Waals surface area contributed by atoms with Crippen LogP contribution in [0.2, 0.25) is 0 Å². The Bertz CT molecular complexity index is 387. The van der Waals surface area contributed by atoms with Crippen molar-refractivity contribution in [1.82, 2.24) is 0 Å². The zero-order chi connectivity index (χ0) is 12.0. The van der Waals surface area contributed by atoms with Crippen molar-refractivity contribution in [2.75, 3.05) is 23.9 Å². The molecule has 0 aliphatic carbocycles. The van der Waals surface area contributed by atoms with Gasteiger partial charge in [-0.3, -0.25) is 0 Å². The summed E-state index contributed by atoms with van der Waals surface area (Å²) in [7, 11) is 0. The maximum absolute atomic E-state index is 8.97. The lowest BCUT2D eigenvalue weighted by atomic mass is 10.1. The van der Waals surface area contributed by atoms with E-state index in [9.17, 15) is 0 Å². The Morgan fingerprint density at radius 3 is 2.94 bits per heavy atom. The number of hydrogen-bond acceptors (Lipinski definition) is 3. The maximum Gasteiger partial charge on any atom is 0.101 e. The first-order valence-electron chi connectivity index (χ1n) is 5.09. The summed E-state index contributed by atoms with van der Waals surface area (Å²) in [6, 6.07) is 7.85. The van der Waals surface area contributed by atoms with Crippen molar-refractivity contribution in [3.05, 3.63) is 28.2 Å². The van der Waals surface area contributed by atoms with E-state index in [1.54, 1.807) is 0 Å². The van der Waals surface area contributed by atoms with E-state index < -0.39 is 0 Å². The number of benzene rings is 1. The summed E-state index contributed by atoms with van der Waals surface area (Å²) in [5.41, 5.74) is 1.60. The number of rotatable bonds is 5. The van der Waals surface area contributed by atoms with Crippen LogP contribution in [0.15, 0.2) is 22.7 Å². The molecular weight excluding hydrogens is 284 g/mol. The number of nitrogens with one attached hydrogen (secondary N) is 1. The second-order valence-corrected chi connectivity index (χ2v) is 5.57. The second kappa shape index (κ2) is 6.82. The van der Waals surface area contributed by atoms with Crippen molar-refractivity contribution in [3.63, 3.8) is 0 Å². The van der Waals surface area contributed by atoms with Gasteiger partial charge in [0, 0.05) is 11.0 Å². The van der Waals surface area contributed by atoms with Gasteiger partial charge >= 0.3 is 0 Å². The minimum Gasteiger partial charge on any atom is -0.384 e. The van der Waals surface area contributed by atoms with Gasteiger partial charge in [-0.25, -0.2) is 0 Å². The SMILES string of the molecule is CSCC(C)CNc1cc(Br)ccc1C#N. The highest BCUT2D eigenvalue weighted by molar-refractivity contribution is 9.10. The number of nitriles is 1. The molecule has 0 aliphatic heterocycles. The molecule has 0 fully saturated rings. The smallest absolute Gasteiger partial charge is 0.101 e. The largest absolute Gasteiger partial charge is 0.384 e. The van der Waals surface area contributed by atoms with Crippen LogP contribution in [0.25, 0.3) is 0 Å². The van der Waals surface area contributed by atoms with Crippen LogP contribution >= 0.6 is 27.7 Å². The third kappa shape index (κ3) is 4.07. The van der Waals surface area contributed by atoms with E-state index in [0.717, 1.165) is 22.5 Å². The molecule has 1 aromatic carbocycles. The zero-order valence-electron chi connectivity index (χ0n) is 9.46. The van der Waals surface area contributed by atoms with E-state index in [2.05, 4.69) is 40.5 Å². The minimum atomic E-state index is 0.598. The van der Waals surface area contributed by atoms with Crippen LogP contribution in [0.4, 0.5) is 5.69 Å². The van der Waals surface area contributed by atoms with Gasteiger partial charge in [-0.1, -0.05) is 22.9 Å². The van der Waals surface area contributed by atoms with E-state index in [0.29, 0.717) is 11.5 Å². The molecule has 0 bridgehead atoms. The summed E-state index contributed by atoms with van der Waals surface area (Å²) in [5, 5.41) is 12.3.